The van der Waals surface area contributed by atoms with E-state index in [9.17, 15) is 9.59 Å². The highest BCUT2D eigenvalue weighted by Gasteiger charge is 2.31. The van der Waals surface area contributed by atoms with Gasteiger partial charge in [0.2, 0.25) is 5.91 Å². The molecule has 1 unspecified atom stereocenters. The Balaban J connectivity index is 1.73. The van der Waals surface area contributed by atoms with E-state index >= 15 is 0 Å². The highest BCUT2D eigenvalue weighted by atomic mass is 16.2. The van der Waals surface area contributed by atoms with E-state index < -0.39 is 12.1 Å². The van der Waals surface area contributed by atoms with Gasteiger partial charge in [0.25, 0.3) is 0 Å². The van der Waals surface area contributed by atoms with Gasteiger partial charge in [0.05, 0.1) is 11.6 Å². The molecular formula is C21H24N6O2. The van der Waals surface area contributed by atoms with Crippen molar-refractivity contribution in [2.75, 3.05) is 37.6 Å². The van der Waals surface area contributed by atoms with Crippen LogP contribution in [0.1, 0.15) is 24.1 Å². The third kappa shape index (κ3) is 5.09. The zero-order valence-electron chi connectivity index (χ0n) is 16.3. The largest absolute Gasteiger partial charge is 0.354 e. The number of carbonyl (C=O) groups excluding carboxylic acids is 2. The van der Waals surface area contributed by atoms with E-state index in [0.717, 1.165) is 11.4 Å². The molecule has 2 heterocycles. The monoisotopic (exact) mass is 392 g/mol. The first-order valence-corrected chi connectivity index (χ1v) is 9.61. The summed E-state index contributed by atoms with van der Waals surface area (Å²) in [4.78, 5) is 33.3. The number of nitrogens with zero attached hydrogens (tertiary/aromatic N) is 4. The second-order valence-electron chi connectivity index (χ2n) is 6.70. The summed E-state index contributed by atoms with van der Waals surface area (Å²) in [6.07, 6.45) is 1.63. The number of imide groups is 1. The summed E-state index contributed by atoms with van der Waals surface area (Å²) in [5.74, 6) is 0.409. The molecule has 1 saturated heterocycles. The van der Waals surface area contributed by atoms with Crippen molar-refractivity contribution in [2.24, 2.45) is 0 Å². The summed E-state index contributed by atoms with van der Waals surface area (Å²) >= 11 is 0. The molecule has 150 valence electrons. The summed E-state index contributed by atoms with van der Waals surface area (Å²) in [6, 6.07) is 14.0. The summed E-state index contributed by atoms with van der Waals surface area (Å²) in [5.41, 5.74) is 1.41. The van der Waals surface area contributed by atoms with Crippen molar-refractivity contribution in [3.8, 4) is 6.07 Å². The number of hydrogen-bond acceptors (Lipinski definition) is 6. The molecule has 0 aliphatic carbocycles. The van der Waals surface area contributed by atoms with Gasteiger partial charge >= 0.3 is 6.03 Å². The minimum Gasteiger partial charge on any atom is -0.354 e. The van der Waals surface area contributed by atoms with Crippen molar-refractivity contribution >= 4 is 17.8 Å². The Morgan fingerprint density at radius 3 is 2.55 bits per heavy atom. The molecule has 0 spiro atoms. The second-order valence-corrected chi connectivity index (χ2v) is 6.70. The van der Waals surface area contributed by atoms with Crippen molar-refractivity contribution < 1.29 is 9.59 Å². The number of urea groups is 1. The van der Waals surface area contributed by atoms with Crippen molar-refractivity contribution in [1.29, 1.82) is 5.26 Å². The minimum absolute atomic E-state index is 0.347. The molecule has 8 nitrogen and oxygen atoms in total. The summed E-state index contributed by atoms with van der Waals surface area (Å²) in [7, 11) is 0. The first kappa shape index (κ1) is 20.3. The number of anilines is 1. The number of hydrogen-bond donors (Lipinski definition) is 2. The maximum Gasteiger partial charge on any atom is 0.321 e. The topological polar surface area (TPSA) is 101 Å². The molecule has 2 aromatic rings. The number of pyridine rings is 1. The lowest BCUT2D eigenvalue weighted by Gasteiger charge is -2.39. The Kier molecular flexibility index (Phi) is 6.76. The van der Waals surface area contributed by atoms with E-state index in [-0.39, 0.29) is 5.91 Å². The van der Waals surface area contributed by atoms with Crippen LogP contribution >= 0.6 is 0 Å². The molecule has 1 aliphatic rings. The lowest BCUT2D eigenvalue weighted by atomic mass is 10.0. The van der Waals surface area contributed by atoms with Crippen molar-refractivity contribution in [3.63, 3.8) is 0 Å². The first-order valence-electron chi connectivity index (χ1n) is 9.61. The van der Waals surface area contributed by atoms with Crippen molar-refractivity contribution in [2.45, 2.75) is 13.0 Å². The molecule has 3 amide bonds. The van der Waals surface area contributed by atoms with Crippen LogP contribution in [-0.4, -0.2) is 54.5 Å². The van der Waals surface area contributed by atoms with Crippen LogP contribution in [0.15, 0.2) is 48.7 Å². The van der Waals surface area contributed by atoms with E-state index in [4.69, 9.17) is 5.26 Å². The van der Waals surface area contributed by atoms with E-state index in [1.54, 1.807) is 25.3 Å². The average molecular weight is 392 g/mol. The van der Waals surface area contributed by atoms with Crippen LogP contribution in [0.4, 0.5) is 10.6 Å². The maximum absolute atomic E-state index is 12.9. The van der Waals surface area contributed by atoms with Crippen LogP contribution in [0.25, 0.3) is 0 Å². The molecule has 1 atom stereocenters. The van der Waals surface area contributed by atoms with Crippen molar-refractivity contribution in [3.05, 3.63) is 59.8 Å². The van der Waals surface area contributed by atoms with Gasteiger partial charge in [0, 0.05) is 38.9 Å². The quantitative estimate of drug-likeness (QED) is 0.803. The number of nitrogens with one attached hydrogen (secondary N) is 2. The van der Waals surface area contributed by atoms with Crippen LogP contribution in [-0.2, 0) is 4.79 Å². The third-order valence-corrected chi connectivity index (χ3v) is 4.82. The fourth-order valence-corrected chi connectivity index (χ4v) is 3.42. The number of aromatic nitrogens is 1. The number of benzene rings is 1. The van der Waals surface area contributed by atoms with E-state index in [0.29, 0.717) is 38.3 Å². The van der Waals surface area contributed by atoms with Gasteiger partial charge in [-0.05, 0) is 24.6 Å². The molecule has 1 fully saturated rings. The maximum atomic E-state index is 12.9. The number of nitriles is 1. The number of piperazine rings is 1. The van der Waals surface area contributed by atoms with Gasteiger partial charge in [-0.15, -0.1) is 0 Å². The summed E-state index contributed by atoms with van der Waals surface area (Å²) in [6.45, 7) is 4.83. The summed E-state index contributed by atoms with van der Waals surface area (Å²) in [5, 5.41) is 14.1. The van der Waals surface area contributed by atoms with E-state index in [1.165, 1.54) is 0 Å². The van der Waals surface area contributed by atoms with Crippen LogP contribution in [0.3, 0.4) is 0 Å². The van der Waals surface area contributed by atoms with Crippen LogP contribution < -0.4 is 15.5 Å². The lowest BCUT2D eigenvalue weighted by Crippen LogP contribution is -2.52. The highest BCUT2D eigenvalue weighted by molar-refractivity contribution is 5.97. The van der Waals surface area contributed by atoms with Gasteiger partial charge in [-0.1, -0.05) is 30.3 Å². The standard InChI is InChI=1S/C21H24N6O2/c1-2-23-21(29)25-20(28)19(17-6-4-3-5-7-17)27-12-10-26(11-13-27)18-14-16(15-22)8-9-24-18/h3-9,14,19H,2,10-13H2,1H3,(H2,23,25,28,29). The SMILES string of the molecule is CCNC(=O)NC(=O)C(c1ccccc1)N1CCN(c2cc(C#N)ccn2)CC1. The average Bonchev–Trinajstić information content (AvgIpc) is 2.75. The Morgan fingerprint density at radius 1 is 1.17 bits per heavy atom. The molecule has 1 aliphatic heterocycles. The minimum atomic E-state index is -0.556. The van der Waals surface area contributed by atoms with Gasteiger partial charge < -0.3 is 10.2 Å². The molecule has 1 aromatic heterocycles. The molecule has 0 bridgehead atoms. The van der Waals surface area contributed by atoms with E-state index in [1.807, 2.05) is 30.3 Å². The zero-order valence-corrected chi connectivity index (χ0v) is 16.3. The van der Waals surface area contributed by atoms with Gasteiger partial charge in [-0.3, -0.25) is 15.0 Å². The normalized spacial score (nSPS) is 15.2. The second kappa shape index (κ2) is 9.66. The van der Waals surface area contributed by atoms with Crippen molar-refractivity contribution in [1.82, 2.24) is 20.5 Å². The molecule has 1 aromatic carbocycles. The molecule has 29 heavy (non-hydrogen) atoms. The molecule has 0 radical (unpaired) electrons. The summed E-state index contributed by atoms with van der Waals surface area (Å²) < 4.78 is 0. The van der Waals surface area contributed by atoms with Crippen LogP contribution in [0.5, 0.6) is 0 Å². The highest BCUT2D eigenvalue weighted by Crippen LogP contribution is 2.24. The number of carbonyl (C=O) groups is 2. The third-order valence-electron chi connectivity index (χ3n) is 4.82. The Morgan fingerprint density at radius 2 is 1.90 bits per heavy atom. The molecule has 2 N–H and O–H groups in total. The van der Waals surface area contributed by atoms with Gasteiger partial charge in [-0.25, -0.2) is 9.78 Å². The lowest BCUT2D eigenvalue weighted by molar-refractivity contribution is -0.125. The molecular weight excluding hydrogens is 368 g/mol. The predicted octanol–water partition coefficient (Wildman–Crippen LogP) is 1.66. The Bertz CT molecular complexity index is 888. The zero-order chi connectivity index (χ0) is 20.6. The van der Waals surface area contributed by atoms with Gasteiger partial charge in [0.1, 0.15) is 11.9 Å². The van der Waals surface area contributed by atoms with Gasteiger partial charge in [0.15, 0.2) is 0 Å². The smallest absolute Gasteiger partial charge is 0.321 e. The molecule has 3 rings (SSSR count). The van der Waals surface area contributed by atoms with Gasteiger partial charge in [-0.2, -0.15) is 5.26 Å². The van der Waals surface area contributed by atoms with Crippen LogP contribution in [0.2, 0.25) is 0 Å². The number of amides is 3. The number of rotatable bonds is 5. The first-order chi connectivity index (χ1) is 14.1. The fraction of sp³-hybridized carbons (Fsp3) is 0.333. The van der Waals surface area contributed by atoms with Crippen LogP contribution in [0, 0.1) is 11.3 Å². The van der Waals surface area contributed by atoms with E-state index in [2.05, 4.69) is 31.5 Å². The molecule has 8 heteroatoms. The Labute approximate surface area is 170 Å². The molecule has 0 saturated carbocycles. The Hall–Kier alpha value is -3.44. The fourth-order valence-electron chi connectivity index (χ4n) is 3.42. The predicted molar refractivity (Wildman–Crippen MR) is 109 cm³/mol.